The van der Waals surface area contributed by atoms with Gasteiger partial charge < -0.3 is 5.73 Å². The van der Waals surface area contributed by atoms with Crippen LogP contribution in [0.1, 0.15) is 10.4 Å². The zero-order valence-electron chi connectivity index (χ0n) is 7.37. The van der Waals surface area contributed by atoms with E-state index in [2.05, 4.69) is 15.9 Å². The minimum Gasteiger partial charge on any atom is -0.399 e. The van der Waals surface area contributed by atoms with Gasteiger partial charge in [-0.1, -0.05) is 27.5 Å². The number of nitro groups is 1. The standard InChI is InChI=1S/C8H6BrClN2O3/c9-3-7(13)5-1-4(11)2-6(10)8(5)12(14)15/h1-2H,3,11H2. The number of hydrogen-bond acceptors (Lipinski definition) is 4. The van der Waals surface area contributed by atoms with Gasteiger partial charge in [-0.2, -0.15) is 0 Å². The van der Waals surface area contributed by atoms with Crippen LogP contribution in [0.5, 0.6) is 0 Å². The van der Waals surface area contributed by atoms with E-state index in [-0.39, 0.29) is 21.6 Å². The molecule has 0 heterocycles. The average Bonchev–Trinajstić information content (AvgIpc) is 2.14. The number of ketones is 1. The number of anilines is 1. The Hall–Kier alpha value is -1.14. The van der Waals surface area contributed by atoms with Crippen LogP contribution in [0.4, 0.5) is 11.4 Å². The van der Waals surface area contributed by atoms with Gasteiger partial charge in [0, 0.05) is 5.69 Å². The van der Waals surface area contributed by atoms with Gasteiger partial charge in [0.05, 0.1) is 15.8 Å². The van der Waals surface area contributed by atoms with Crippen LogP contribution in [0.15, 0.2) is 12.1 Å². The van der Waals surface area contributed by atoms with E-state index < -0.39 is 16.4 Å². The third kappa shape index (κ3) is 2.45. The predicted octanol–water partition coefficient (Wildman–Crippen LogP) is 2.41. The Kier molecular flexibility index (Phi) is 3.65. The highest BCUT2D eigenvalue weighted by atomic mass is 79.9. The molecule has 0 unspecified atom stereocenters. The van der Waals surface area contributed by atoms with Crippen molar-refractivity contribution in [2.45, 2.75) is 0 Å². The molecule has 0 saturated heterocycles. The predicted molar refractivity (Wildman–Crippen MR) is 60.6 cm³/mol. The van der Waals surface area contributed by atoms with Gasteiger partial charge in [-0.05, 0) is 12.1 Å². The normalized spacial score (nSPS) is 10.0. The first-order chi connectivity index (χ1) is 6.97. The van der Waals surface area contributed by atoms with E-state index in [4.69, 9.17) is 17.3 Å². The topological polar surface area (TPSA) is 86.2 Å². The van der Waals surface area contributed by atoms with E-state index in [1.54, 1.807) is 0 Å². The van der Waals surface area contributed by atoms with Gasteiger partial charge in [0.1, 0.15) is 5.02 Å². The number of nitro benzene ring substituents is 1. The zero-order valence-corrected chi connectivity index (χ0v) is 9.71. The summed E-state index contributed by atoms with van der Waals surface area (Å²) in [6.45, 7) is 0. The van der Waals surface area contributed by atoms with Crippen LogP contribution in [0.3, 0.4) is 0 Å². The summed E-state index contributed by atoms with van der Waals surface area (Å²) in [4.78, 5) is 21.4. The lowest BCUT2D eigenvalue weighted by Crippen LogP contribution is -2.06. The number of rotatable bonds is 3. The Labute approximate surface area is 98.5 Å². The number of carbonyl (C=O) groups excluding carboxylic acids is 1. The average molecular weight is 294 g/mol. The molecule has 0 radical (unpaired) electrons. The Morgan fingerprint density at radius 1 is 1.60 bits per heavy atom. The molecule has 0 aromatic heterocycles. The van der Waals surface area contributed by atoms with Crippen LogP contribution < -0.4 is 5.73 Å². The number of halogens is 2. The Balaban J connectivity index is 3.46. The lowest BCUT2D eigenvalue weighted by molar-refractivity contribution is -0.384. The molecule has 2 N–H and O–H groups in total. The molecule has 0 bridgehead atoms. The number of benzene rings is 1. The Bertz CT molecular complexity index is 436. The van der Waals surface area contributed by atoms with Crippen molar-refractivity contribution in [1.82, 2.24) is 0 Å². The smallest absolute Gasteiger partial charge is 0.298 e. The van der Waals surface area contributed by atoms with Crippen molar-refractivity contribution in [3.05, 3.63) is 32.8 Å². The molecular formula is C8H6BrClN2O3. The van der Waals surface area contributed by atoms with Crippen molar-refractivity contribution in [2.75, 3.05) is 11.1 Å². The molecule has 0 aliphatic carbocycles. The first kappa shape index (κ1) is 11.9. The van der Waals surface area contributed by atoms with E-state index in [0.717, 1.165) is 0 Å². The Morgan fingerprint density at radius 2 is 2.20 bits per heavy atom. The van der Waals surface area contributed by atoms with Gasteiger partial charge in [0.25, 0.3) is 5.69 Å². The van der Waals surface area contributed by atoms with Crippen LogP contribution in [0.25, 0.3) is 0 Å². The monoisotopic (exact) mass is 292 g/mol. The summed E-state index contributed by atoms with van der Waals surface area (Å²) in [5.41, 5.74) is 5.18. The molecular weight excluding hydrogens is 287 g/mol. The zero-order chi connectivity index (χ0) is 11.6. The van der Waals surface area contributed by atoms with Crippen LogP contribution >= 0.6 is 27.5 Å². The fourth-order valence-electron chi connectivity index (χ4n) is 1.09. The van der Waals surface area contributed by atoms with Crippen LogP contribution in [0.2, 0.25) is 5.02 Å². The summed E-state index contributed by atoms with van der Waals surface area (Å²) in [6, 6.07) is 2.48. The fourth-order valence-corrected chi connectivity index (χ4v) is 1.69. The second-order valence-corrected chi connectivity index (χ2v) is 3.68. The molecule has 1 aromatic rings. The number of nitrogen functional groups attached to an aromatic ring is 1. The van der Waals surface area contributed by atoms with Crippen LogP contribution in [-0.2, 0) is 0 Å². The largest absolute Gasteiger partial charge is 0.399 e. The minimum atomic E-state index is -0.697. The molecule has 0 atom stereocenters. The number of nitrogens with zero attached hydrogens (tertiary/aromatic N) is 1. The molecule has 7 heteroatoms. The molecule has 0 aliphatic heterocycles. The van der Waals surface area contributed by atoms with Crippen LogP contribution in [-0.4, -0.2) is 16.0 Å². The summed E-state index contributed by atoms with van der Waals surface area (Å²) in [7, 11) is 0. The third-order valence-corrected chi connectivity index (χ3v) is 2.49. The minimum absolute atomic E-state index is 0.0202. The molecule has 1 aromatic carbocycles. The molecule has 0 saturated carbocycles. The molecule has 0 amide bonds. The number of nitrogens with two attached hydrogens (primary N) is 1. The van der Waals surface area contributed by atoms with Gasteiger partial charge in [0.2, 0.25) is 0 Å². The van der Waals surface area contributed by atoms with E-state index in [9.17, 15) is 14.9 Å². The lowest BCUT2D eigenvalue weighted by atomic mass is 10.1. The highest BCUT2D eigenvalue weighted by Crippen LogP contribution is 2.31. The van der Waals surface area contributed by atoms with Gasteiger partial charge in [-0.3, -0.25) is 14.9 Å². The highest BCUT2D eigenvalue weighted by Gasteiger charge is 2.23. The van der Waals surface area contributed by atoms with Crippen molar-refractivity contribution >= 4 is 44.7 Å². The van der Waals surface area contributed by atoms with Crippen molar-refractivity contribution < 1.29 is 9.72 Å². The van der Waals surface area contributed by atoms with E-state index >= 15 is 0 Å². The summed E-state index contributed by atoms with van der Waals surface area (Å²) in [6.07, 6.45) is 0. The molecule has 1 rings (SSSR count). The van der Waals surface area contributed by atoms with E-state index in [1.165, 1.54) is 12.1 Å². The van der Waals surface area contributed by atoms with Crippen LogP contribution in [0, 0.1) is 10.1 Å². The fraction of sp³-hybridized carbons (Fsp3) is 0.125. The summed E-state index contributed by atoms with van der Waals surface area (Å²) in [5.74, 6) is -0.434. The first-order valence-electron chi connectivity index (χ1n) is 3.80. The third-order valence-electron chi connectivity index (χ3n) is 1.69. The molecule has 15 heavy (non-hydrogen) atoms. The lowest BCUT2D eigenvalue weighted by Gasteiger charge is -2.03. The van der Waals surface area contributed by atoms with Gasteiger partial charge in [-0.15, -0.1) is 0 Å². The molecule has 5 nitrogen and oxygen atoms in total. The number of hydrogen-bond donors (Lipinski definition) is 1. The van der Waals surface area contributed by atoms with Gasteiger partial charge in [0.15, 0.2) is 5.78 Å². The van der Waals surface area contributed by atoms with Gasteiger partial charge >= 0.3 is 0 Å². The molecule has 80 valence electrons. The molecule has 0 spiro atoms. The second kappa shape index (κ2) is 4.59. The summed E-state index contributed by atoms with van der Waals surface area (Å²) in [5, 5.41) is 10.5. The quantitative estimate of drug-likeness (QED) is 0.305. The highest BCUT2D eigenvalue weighted by molar-refractivity contribution is 9.09. The van der Waals surface area contributed by atoms with E-state index in [0.29, 0.717) is 0 Å². The molecule has 0 aliphatic rings. The van der Waals surface area contributed by atoms with Crippen molar-refractivity contribution in [3.63, 3.8) is 0 Å². The second-order valence-electron chi connectivity index (χ2n) is 2.71. The number of alkyl halides is 1. The van der Waals surface area contributed by atoms with Gasteiger partial charge in [-0.25, -0.2) is 0 Å². The first-order valence-corrected chi connectivity index (χ1v) is 5.30. The van der Waals surface area contributed by atoms with E-state index in [1.807, 2.05) is 0 Å². The number of Topliss-reactive ketones (excluding diaryl/α,β-unsaturated/α-hetero) is 1. The Morgan fingerprint density at radius 3 is 2.67 bits per heavy atom. The SMILES string of the molecule is Nc1cc(Cl)c([N+](=O)[O-])c(C(=O)CBr)c1. The maximum Gasteiger partial charge on any atom is 0.298 e. The number of carbonyl (C=O) groups is 1. The maximum atomic E-state index is 11.4. The maximum absolute atomic E-state index is 11.4. The van der Waals surface area contributed by atoms with Crippen molar-refractivity contribution in [1.29, 1.82) is 0 Å². The van der Waals surface area contributed by atoms with Crippen molar-refractivity contribution in [2.24, 2.45) is 0 Å². The van der Waals surface area contributed by atoms with Crippen molar-refractivity contribution in [3.8, 4) is 0 Å². The molecule has 0 fully saturated rings. The summed E-state index contributed by atoms with van der Waals surface area (Å²) < 4.78 is 0. The summed E-state index contributed by atoms with van der Waals surface area (Å²) >= 11 is 8.57.